The van der Waals surface area contributed by atoms with Gasteiger partial charge in [0, 0.05) is 13.2 Å². The van der Waals surface area contributed by atoms with Crippen LogP contribution in [0.15, 0.2) is 12.1 Å². The number of amides is 1. The highest BCUT2D eigenvalue weighted by molar-refractivity contribution is 5.95. The number of rotatable bonds is 3. The Morgan fingerprint density at radius 3 is 2.72 bits per heavy atom. The summed E-state index contributed by atoms with van der Waals surface area (Å²) >= 11 is 0. The number of nitrogens with one attached hydrogen (secondary N) is 1. The summed E-state index contributed by atoms with van der Waals surface area (Å²) in [5.74, 6) is -2.71. The first-order valence-corrected chi connectivity index (χ1v) is 5.60. The molecule has 0 aliphatic heterocycles. The van der Waals surface area contributed by atoms with E-state index in [1.54, 1.807) is 7.11 Å². The second-order valence-electron chi connectivity index (χ2n) is 4.33. The molecule has 0 heterocycles. The molecular weight excluding hydrogens is 242 g/mol. The lowest BCUT2D eigenvalue weighted by atomic mass is 9.89. The van der Waals surface area contributed by atoms with E-state index in [2.05, 4.69) is 5.32 Å². The molecule has 0 spiro atoms. The van der Waals surface area contributed by atoms with Gasteiger partial charge >= 0.3 is 0 Å². The predicted molar refractivity (Wildman–Crippen MR) is 62.1 cm³/mol. The first kappa shape index (κ1) is 12.8. The molecule has 6 heteroatoms. The molecule has 0 radical (unpaired) electrons. The van der Waals surface area contributed by atoms with Gasteiger partial charge in [0.05, 0.1) is 11.8 Å². The van der Waals surface area contributed by atoms with Gasteiger partial charge in [-0.15, -0.1) is 0 Å². The Kier molecular flexibility index (Phi) is 3.47. The maximum atomic E-state index is 13.6. The number of benzene rings is 1. The van der Waals surface area contributed by atoms with Crippen molar-refractivity contribution in [2.75, 3.05) is 12.8 Å². The van der Waals surface area contributed by atoms with E-state index in [0.717, 1.165) is 12.1 Å². The molecule has 0 saturated heterocycles. The van der Waals surface area contributed by atoms with Crippen LogP contribution in [0.4, 0.5) is 14.5 Å². The molecule has 0 bridgehead atoms. The molecule has 1 aromatic carbocycles. The number of methoxy groups -OCH3 is 1. The summed E-state index contributed by atoms with van der Waals surface area (Å²) in [5, 5.41) is 2.55. The minimum atomic E-state index is -1.02. The van der Waals surface area contributed by atoms with Crippen molar-refractivity contribution in [1.29, 1.82) is 0 Å². The average molecular weight is 256 g/mol. The molecule has 1 saturated carbocycles. The molecular formula is C12H14F2N2O2. The van der Waals surface area contributed by atoms with E-state index in [4.69, 9.17) is 10.5 Å². The largest absolute Gasteiger partial charge is 0.396 e. The van der Waals surface area contributed by atoms with E-state index < -0.39 is 23.1 Å². The Balaban J connectivity index is 2.08. The van der Waals surface area contributed by atoms with Crippen LogP contribution in [0.3, 0.4) is 0 Å². The number of hydrogen-bond acceptors (Lipinski definition) is 3. The van der Waals surface area contributed by atoms with E-state index >= 15 is 0 Å². The summed E-state index contributed by atoms with van der Waals surface area (Å²) in [6, 6.07) is 1.96. The third-order valence-electron chi connectivity index (χ3n) is 3.11. The van der Waals surface area contributed by atoms with Gasteiger partial charge in [-0.2, -0.15) is 0 Å². The first-order valence-electron chi connectivity index (χ1n) is 5.60. The molecule has 0 unspecified atom stereocenters. The van der Waals surface area contributed by atoms with Crippen LogP contribution in [0.5, 0.6) is 0 Å². The summed E-state index contributed by atoms with van der Waals surface area (Å²) < 4.78 is 32.0. The number of nitrogens with two attached hydrogens (primary N) is 1. The fourth-order valence-corrected chi connectivity index (χ4v) is 1.91. The van der Waals surface area contributed by atoms with Crippen molar-refractivity contribution in [2.45, 2.75) is 25.0 Å². The number of ether oxygens (including phenoxy) is 1. The fourth-order valence-electron chi connectivity index (χ4n) is 1.91. The highest BCUT2D eigenvalue weighted by Gasteiger charge is 2.31. The zero-order valence-electron chi connectivity index (χ0n) is 9.87. The van der Waals surface area contributed by atoms with Gasteiger partial charge in [-0.05, 0) is 25.0 Å². The van der Waals surface area contributed by atoms with Gasteiger partial charge < -0.3 is 15.8 Å². The molecule has 1 aliphatic rings. The minimum Gasteiger partial charge on any atom is -0.396 e. The second kappa shape index (κ2) is 4.89. The fraction of sp³-hybridized carbons (Fsp3) is 0.417. The standard InChI is InChI=1S/C12H14F2N2O2/c1-18-7-4-6(5-7)16-12(17)10-8(13)2-3-9(15)11(10)14/h2-3,6-7H,4-5,15H2,1H3,(H,16,17). The molecule has 1 aromatic rings. The Hall–Kier alpha value is -1.69. The van der Waals surface area contributed by atoms with Crippen molar-refractivity contribution in [3.8, 4) is 0 Å². The van der Waals surface area contributed by atoms with E-state index in [9.17, 15) is 13.6 Å². The second-order valence-corrected chi connectivity index (χ2v) is 4.33. The Morgan fingerprint density at radius 2 is 2.11 bits per heavy atom. The Morgan fingerprint density at radius 1 is 1.44 bits per heavy atom. The quantitative estimate of drug-likeness (QED) is 0.805. The van der Waals surface area contributed by atoms with E-state index in [1.165, 1.54) is 0 Å². The lowest BCUT2D eigenvalue weighted by molar-refractivity contribution is 0.0175. The van der Waals surface area contributed by atoms with Crippen LogP contribution in [0.25, 0.3) is 0 Å². The number of anilines is 1. The molecule has 18 heavy (non-hydrogen) atoms. The van der Waals surface area contributed by atoms with E-state index in [0.29, 0.717) is 12.8 Å². The van der Waals surface area contributed by atoms with Crippen LogP contribution in [0, 0.1) is 11.6 Å². The summed E-state index contributed by atoms with van der Waals surface area (Å²) in [4.78, 5) is 11.7. The van der Waals surface area contributed by atoms with Gasteiger partial charge in [0.15, 0.2) is 5.82 Å². The van der Waals surface area contributed by atoms with Crippen LogP contribution in [-0.4, -0.2) is 25.2 Å². The van der Waals surface area contributed by atoms with Gasteiger partial charge in [0.2, 0.25) is 0 Å². The molecule has 0 aromatic heterocycles. The normalized spacial score (nSPS) is 22.4. The van der Waals surface area contributed by atoms with Gasteiger partial charge in [-0.1, -0.05) is 0 Å². The average Bonchev–Trinajstić information content (AvgIpc) is 2.28. The van der Waals surface area contributed by atoms with Gasteiger partial charge in [-0.25, -0.2) is 8.78 Å². The van der Waals surface area contributed by atoms with E-state index in [1.807, 2.05) is 0 Å². The lowest BCUT2D eigenvalue weighted by Crippen LogP contribution is -2.47. The Bertz CT molecular complexity index is 473. The number of nitrogen functional groups attached to an aromatic ring is 1. The predicted octanol–water partition coefficient (Wildman–Crippen LogP) is 1.45. The van der Waals surface area contributed by atoms with E-state index in [-0.39, 0.29) is 17.8 Å². The summed E-state index contributed by atoms with van der Waals surface area (Å²) in [7, 11) is 1.58. The minimum absolute atomic E-state index is 0.103. The van der Waals surface area contributed by atoms with Crippen molar-refractivity contribution in [3.63, 3.8) is 0 Å². The highest BCUT2D eigenvalue weighted by atomic mass is 19.1. The molecule has 0 atom stereocenters. The molecule has 4 nitrogen and oxygen atoms in total. The summed E-state index contributed by atoms with van der Waals surface area (Å²) in [6.07, 6.45) is 1.40. The van der Waals surface area contributed by atoms with Crippen LogP contribution in [0.2, 0.25) is 0 Å². The number of hydrogen-bond donors (Lipinski definition) is 2. The van der Waals surface area contributed by atoms with Crippen LogP contribution in [0.1, 0.15) is 23.2 Å². The lowest BCUT2D eigenvalue weighted by Gasteiger charge is -2.34. The van der Waals surface area contributed by atoms with Crippen LogP contribution >= 0.6 is 0 Å². The highest BCUT2D eigenvalue weighted by Crippen LogP contribution is 2.24. The van der Waals surface area contributed by atoms with Crippen LogP contribution < -0.4 is 11.1 Å². The van der Waals surface area contributed by atoms with Gasteiger partial charge in [-0.3, -0.25) is 4.79 Å². The van der Waals surface area contributed by atoms with Crippen molar-refractivity contribution in [2.24, 2.45) is 0 Å². The Labute approximate surface area is 103 Å². The topological polar surface area (TPSA) is 64.3 Å². The third-order valence-corrected chi connectivity index (χ3v) is 3.11. The van der Waals surface area contributed by atoms with Crippen molar-refractivity contribution >= 4 is 11.6 Å². The molecule has 98 valence electrons. The third kappa shape index (κ3) is 2.28. The van der Waals surface area contributed by atoms with Gasteiger partial charge in [0.1, 0.15) is 11.4 Å². The molecule has 3 N–H and O–H groups in total. The first-order chi connectivity index (χ1) is 8.52. The van der Waals surface area contributed by atoms with Crippen LogP contribution in [-0.2, 0) is 4.74 Å². The number of carbonyl (C=O) groups excluding carboxylic acids is 1. The van der Waals surface area contributed by atoms with Crippen molar-refractivity contribution in [3.05, 3.63) is 29.3 Å². The van der Waals surface area contributed by atoms with Crippen molar-refractivity contribution in [1.82, 2.24) is 5.32 Å². The summed E-state index contributed by atoms with van der Waals surface area (Å²) in [6.45, 7) is 0. The molecule has 1 fully saturated rings. The maximum absolute atomic E-state index is 13.6. The SMILES string of the molecule is COC1CC(NC(=O)c2c(F)ccc(N)c2F)C1. The zero-order chi connectivity index (χ0) is 13.3. The zero-order valence-corrected chi connectivity index (χ0v) is 9.87. The van der Waals surface area contributed by atoms with Crippen molar-refractivity contribution < 1.29 is 18.3 Å². The molecule has 1 aliphatic carbocycles. The smallest absolute Gasteiger partial charge is 0.257 e. The monoisotopic (exact) mass is 256 g/mol. The maximum Gasteiger partial charge on any atom is 0.257 e. The number of carbonyl (C=O) groups is 1. The van der Waals surface area contributed by atoms with Gasteiger partial charge in [0.25, 0.3) is 5.91 Å². The molecule has 1 amide bonds. The summed E-state index contributed by atoms with van der Waals surface area (Å²) in [5.41, 5.74) is 4.43. The number of halogens is 2. The molecule has 2 rings (SSSR count).